The zero-order chi connectivity index (χ0) is 17.1. The fourth-order valence-electron chi connectivity index (χ4n) is 3.30. The van der Waals surface area contributed by atoms with Crippen LogP contribution in [0.25, 0.3) is 16.3 Å². The summed E-state index contributed by atoms with van der Waals surface area (Å²) in [4.78, 5) is 22.5. The van der Waals surface area contributed by atoms with Crippen LogP contribution in [-0.2, 0) is 11.2 Å². The van der Waals surface area contributed by atoms with E-state index >= 15 is 0 Å². The number of hydrogen-bond acceptors (Lipinski definition) is 3. The lowest BCUT2D eigenvalue weighted by Gasteiger charge is -2.17. The minimum absolute atomic E-state index is 0.171. The SMILES string of the molecule is O=C(CCc1ccncn1)N1CC=C(c2cccc3ccccc23)C1. The molecule has 0 saturated heterocycles. The summed E-state index contributed by atoms with van der Waals surface area (Å²) >= 11 is 0. The summed E-state index contributed by atoms with van der Waals surface area (Å²) in [6.07, 6.45) is 6.54. The molecule has 0 aliphatic carbocycles. The highest BCUT2D eigenvalue weighted by Gasteiger charge is 2.21. The van der Waals surface area contributed by atoms with Gasteiger partial charge in [-0.3, -0.25) is 4.79 Å². The zero-order valence-corrected chi connectivity index (χ0v) is 13.9. The number of carbonyl (C=O) groups excluding carboxylic acids is 1. The third-order valence-electron chi connectivity index (χ3n) is 4.65. The average molecular weight is 329 g/mol. The first-order chi connectivity index (χ1) is 12.3. The van der Waals surface area contributed by atoms with E-state index in [0.717, 1.165) is 5.69 Å². The Bertz CT molecular complexity index is 929. The van der Waals surface area contributed by atoms with Gasteiger partial charge in [0.05, 0.1) is 0 Å². The van der Waals surface area contributed by atoms with Gasteiger partial charge in [-0.1, -0.05) is 48.5 Å². The van der Waals surface area contributed by atoms with E-state index in [1.807, 2.05) is 11.0 Å². The van der Waals surface area contributed by atoms with Crippen molar-refractivity contribution in [3.8, 4) is 0 Å². The minimum atomic E-state index is 0.171. The second-order valence-corrected chi connectivity index (χ2v) is 6.23. The van der Waals surface area contributed by atoms with Crippen LogP contribution in [0.2, 0.25) is 0 Å². The van der Waals surface area contributed by atoms with Crippen molar-refractivity contribution in [1.82, 2.24) is 14.9 Å². The Morgan fingerprint density at radius 1 is 1.08 bits per heavy atom. The normalized spacial score (nSPS) is 13.9. The lowest BCUT2D eigenvalue weighted by atomic mass is 9.99. The molecule has 4 rings (SSSR count). The summed E-state index contributed by atoms with van der Waals surface area (Å²) in [5, 5.41) is 2.47. The van der Waals surface area contributed by atoms with Gasteiger partial charge >= 0.3 is 0 Å². The number of benzene rings is 2. The molecule has 1 amide bonds. The standard InChI is InChI=1S/C21H19N3O/c25-21(9-8-18-10-12-22-15-23-18)24-13-11-17(14-24)20-7-3-5-16-4-1-2-6-19(16)20/h1-7,10-12,15H,8-9,13-14H2. The molecule has 4 nitrogen and oxygen atoms in total. The lowest BCUT2D eigenvalue weighted by molar-refractivity contribution is -0.129. The Labute approximate surface area is 146 Å². The minimum Gasteiger partial charge on any atom is -0.335 e. The molecule has 2 heterocycles. The van der Waals surface area contributed by atoms with Gasteiger partial charge in [-0.15, -0.1) is 0 Å². The van der Waals surface area contributed by atoms with Crippen molar-refractivity contribution in [3.63, 3.8) is 0 Å². The van der Waals surface area contributed by atoms with Gasteiger partial charge < -0.3 is 4.90 Å². The first kappa shape index (κ1) is 15.5. The maximum absolute atomic E-state index is 12.5. The number of nitrogens with zero attached hydrogens (tertiary/aromatic N) is 3. The number of aryl methyl sites for hydroxylation is 1. The van der Waals surface area contributed by atoms with E-state index in [0.29, 0.717) is 25.9 Å². The Kier molecular flexibility index (Phi) is 4.25. The third-order valence-corrected chi connectivity index (χ3v) is 4.65. The van der Waals surface area contributed by atoms with Crippen LogP contribution >= 0.6 is 0 Å². The third kappa shape index (κ3) is 3.29. The zero-order valence-electron chi connectivity index (χ0n) is 13.9. The average Bonchev–Trinajstić information content (AvgIpc) is 3.16. The predicted molar refractivity (Wildman–Crippen MR) is 98.9 cm³/mol. The van der Waals surface area contributed by atoms with Crippen LogP contribution in [0.4, 0.5) is 0 Å². The smallest absolute Gasteiger partial charge is 0.223 e. The molecule has 0 radical (unpaired) electrons. The highest BCUT2D eigenvalue weighted by Crippen LogP contribution is 2.28. The summed E-state index contributed by atoms with van der Waals surface area (Å²) in [6, 6.07) is 16.6. The molecular formula is C21H19N3O. The van der Waals surface area contributed by atoms with Crippen LogP contribution in [0.5, 0.6) is 0 Å². The van der Waals surface area contributed by atoms with Crippen molar-refractivity contribution in [2.75, 3.05) is 13.1 Å². The van der Waals surface area contributed by atoms with E-state index in [1.54, 1.807) is 6.20 Å². The molecule has 0 saturated carbocycles. The molecule has 1 aliphatic rings. The molecule has 0 fully saturated rings. The van der Waals surface area contributed by atoms with Gasteiger partial charge in [-0.05, 0) is 34.4 Å². The van der Waals surface area contributed by atoms with E-state index in [4.69, 9.17) is 0 Å². The summed E-state index contributed by atoms with van der Waals surface area (Å²) < 4.78 is 0. The van der Waals surface area contributed by atoms with Crippen molar-refractivity contribution < 1.29 is 4.79 Å². The maximum atomic E-state index is 12.5. The van der Waals surface area contributed by atoms with Crippen LogP contribution < -0.4 is 0 Å². The highest BCUT2D eigenvalue weighted by molar-refractivity contribution is 5.95. The molecule has 25 heavy (non-hydrogen) atoms. The van der Waals surface area contributed by atoms with Gasteiger partial charge in [-0.25, -0.2) is 9.97 Å². The quantitative estimate of drug-likeness (QED) is 0.736. The van der Waals surface area contributed by atoms with Crippen LogP contribution in [-0.4, -0.2) is 33.9 Å². The van der Waals surface area contributed by atoms with Crippen molar-refractivity contribution >= 4 is 22.3 Å². The maximum Gasteiger partial charge on any atom is 0.223 e. The Morgan fingerprint density at radius 3 is 2.84 bits per heavy atom. The summed E-state index contributed by atoms with van der Waals surface area (Å²) in [7, 11) is 0. The fraction of sp³-hybridized carbons (Fsp3) is 0.190. The molecule has 0 N–H and O–H groups in total. The van der Waals surface area contributed by atoms with Crippen molar-refractivity contribution in [1.29, 1.82) is 0 Å². The number of hydrogen-bond donors (Lipinski definition) is 0. The van der Waals surface area contributed by atoms with Crippen LogP contribution in [0, 0.1) is 0 Å². The molecule has 0 spiro atoms. The van der Waals surface area contributed by atoms with Gasteiger partial charge in [0.15, 0.2) is 0 Å². The molecule has 4 heteroatoms. The number of rotatable bonds is 4. The molecule has 3 aromatic rings. The van der Waals surface area contributed by atoms with Gasteiger partial charge in [0.25, 0.3) is 0 Å². The molecule has 2 aromatic carbocycles. The molecule has 124 valence electrons. The topological polar surface area (TPSA) is 46.1 Å². The molecular weight excluding hydrogens is 310 g/mol. The second-order valence-electron chi connectivity index (χ2n) is 6.23. The Morgan fingerprint density at radius 2 is 1.96 bits per heavy atom. The van der Waals surface area contributed by atoms with Crippen LogP contribution in [0.15, 0.2) is 67.1 Å². The van der Waals surface area contributed by atoms with Gasteiger partial charge in [0, 0.05) is 31.4 Å². The van der Waals surface area contributed by atoms with Crippen molar-refractivity contribution in [2.45, 2.75) is 12.8 Å². The van der Waals surface area contributed by atoms with Gasteiger partial charge in [0.1, 0.15) is 6.33 Å². The summed E-state index contributed by atoms with van der Waals surface area (Å²) in [6.45, 7) is 1.36. The molecule has 0 unspecified atom stereocenters. The largest absolute Gasteiger partial charge is 0.335 e. The van der Waals surface area contributed by atoms with E-state index < -0.39 is 0 Å². The van der Waals surface area contributed by atoms with Crippen LogP contribution in [0.1, 0.15) is 17.7 Å². The van der Waals surface area contributed by atoms with Gasteiger partial charge in [-0.2, -0.15) is 0 Å². The number of fused-ring (bicyclic) bond motifs is 1. The predicted octanol–water partition coefficient (Wildman–Crippen LogP) is 3.49. The molecule has 1 aromatic heterocycles. The van der Waals surface area contributed by atoms with Crippen molar-refractivity contribution in [3.05, 3.63) is 78.4 Å². The molecule has 0 bridgehead atoms. The Balaban J connectivity index is 1.44. The van der Waals surface area contributed by atoms with E-state index in [1.165, 1.54) is 28.2 Å². The van der Waals surface area contributed by atoms with Crippen LogP contribution in [0.3, 0.4) is 0 Å². The fourth-order valence-corrected chi connectivity index (χ4v) is 3.30. The molecule has 1 aliphatic heterocycles. The Hall–Kier alpha value is -3.01. The lowest BCUT2D eigenvalue weighted by Crippen LogP contribution is -2.29. The first-order valence-electron chi connectivity index (χ1n) is 8.51. The van der Waals surface area contributed by atoms with E-state index in [-0.39, 0.29) is 5.91 Å². The number of aromatic nitrogens is 2. The molecule has 0 atom stereocenters. The second kappa shape index (κ2) is 6.85. The highest BCUT2D eigenvalue weighted by atomic mass is 16.2. The first-order valence-corrected chi connectivity index (χ1v) is 8.51. The van der Waals surface area contributed by atoms with Crippen molar-refractivity contribution in [2.24, 2.45) is 0 Å². The summed E-state index contributed by atoms with van der Waals surface area (Å²) in [5.41, 5.74) is 3.36. The van der Waals surface area contributed by atoms with E-state index in [2.05, 4.69) is 58.5 Å². The summed E-state index contributed by atoms with van der Waals surface area (Å²) in [5.74, 6) is 0.171. The number of amides is 1. The number of carbonyl (C=O) groups is 1. The van der Waals surface area contributed by atoms with E-state index in [9.17, 15) is 4.79 Å². The monoisotopic (exact) mass is 329 g/mol. The van der Waals surface area contributed by atoms with Gasteiger partial charge in [0.2, 0.25) is 5.91 Å².